The van der Waals surface area contributed by atoms with E-state index >= 15 is 0 Å². The van der Waals surface area contributed by atoms with Crippen molar-refractivity contribution in [2.75, 3.05) is 6.54 Å². The van der Waals surface area contributed by atoms with Crippen LogP contribution >= 0.6 is 0 Å². The van der Waals surface area contributed by atoms with E-state index in [2.05, 4.69) is 0 Å². The lowest BCUT2D eigenvalue weighted by Crippen LogP contribution is -2.73. The topological polar surface area (TPSA) is 80.4 Å². The van der Waals surface area contributed by atoms with Gasteiger partial charge in [0.2, 0.25) is 0 Å². The fourth-order valence-corrected chi connectivity index (χ4v) is 4.07. The molecule has 2 rings (SSSR count). The monoisotopic (exact) mass is 307 g/mol. The Balaban J connectivity index is 2.69. The average molecular weight is 307 g/mol. The number of fused-ring (bicyclic) bond motifs is 1. The van der Waals surface area contributed by atoms with Crippen molar-refractivity contribution in [3.63, 3.8) is 0 Å². The first-order valence-electron chi connectivity index (χ1n) is 7.35. The van der Waals surface area contributed by atoms with Gasteiger partial charge in [0.05, 0.1) is 11.5 Å². The zero-order chi connectivity index (χ0) is 16.9. The van der Waals surface area contributed by atoms with E-state index in [1.165, 1.54) is 6.07 Å². The molecule has 0 aromatic heterocycles. The quantitative estimate of drug-likeness (QED) is 0.487. The largest absolute Gasteiger partial charge is 0.514 e. The van der Waals surface area contributed by atoms with E-state index in [0.29, 0.717) is 13.0 Å². The number of nitro benzene ring substituents is 1. The molecular formula is C16H23N2O4+. The lowest BCUT2D eigenvalue weighted by molar-refractivity contribution is -0.957. The average Bonchev–Trinajstić information content (AvgIpc) is 2.35. The van der Waals surface area contributed by atoms with Gasteiger partial charge in [-0.25, -0.2) is 4.48 Å². The highest BCUT2D eigenvalue weighted by molar-refractivity contribution is 5.60. The molecule has 0 bridgehead atoms. The van der Waals surface area contributed by atoms with E-state index < -0.39 is 22.1 Å². The third kappa shape index (κ3) is 2.01. The second-order valence-corrected chi connectivity index (χ2v) is 7.39. The number of nitrogens with zero attached hydrogens (tertiary/aromatic N) is 2. The zero-order valence-electron chi connectivity index (χ0n) is 13.7. The number of hydrogen-bond acceptors (Lipinski definition) is 3. The van der Waals surface area contributed by atoms with Crippen molar-refractivity contribution in [1.29, 1.82) is 0 Å². The Morgan fingerprint density at radius 1 is 1.36 bits per heavy atom. The van der Waals surface area contributed by atoms with Gasteiger partial charge in [-0.05, 0) is 46.2 Å². The van der Waals surface area contributed by atoms with E-state index in [-0.39, 0.29) is 10.2 Å². The number of nitro groups is 1. The molecule has 1 atom stereocenters. The lowest BCUT2D eigenvalue weighted by Gasteiger charge is -2.56. The summed E-state index contributed by atoms with van der Waals surface area (Å²) in [7, 11) is 0. The summed E-state index contributed by atoms with van der Waals surface area (Å²) in [5.41, 5.74) is 0.641. The van der Waals surface area contributed by atoms with Crippen LogP contribution in [0.5, 0.6) is 0 Å². The van der Waals surface area contributed by atoms with Crippen molar-refractivity contribution in [3.8, 4) is 0 Å². The van der Waals surface area contributed by atoms with Crippen molar-refractivity contribution in [3.05, 3.63) is 39.4 Å². The minimum Gasteiger partial charge on any atom is -0.435 e. The Morgan fingerprint density at radius 2 is 1.95 bits per heavy atom. The standard InChI is InChI=1S/C16H22N2O4/c1-15(2,3)18(14(19)20)9-8-11-10-12(17(21)22)6-7-13(11)16(18,4)5/h6-7,10H,8-9H2,1-5H3/p+1. The van der Waals surface area contributed by atoms with E-state index in [1.807, 2.05) is 34.6 Å². The number of benzene rings is 1. The molecule has 1 N–H and O–H groups in total. The number of rotatable bonds is 1. The zero-order valence-corrected chi connectivity index (χ0v) is 13.7. The maximum Gasteiger partial charge on any atom is 0.514 e. The van der Waals surface area contributed by atoms with Gasteiger partial charge in [-0.1, -0.05) is 0 Å². The lowest BCUT2D eigenvalue weighted by atomic mass is 9.77. The summed E-state index contributed by atoms with van der Waals surface area (Å²) in [5, 5.41) is 20.9. The summed E-state index contributed by atoms with van der Waals surface area (Å²) in [4.78, 5) is 22.7. The van der Waals surface area contributed by atoms with Crippen LogP contribution in [-0.4, -0.2) is 32.7 Å². The fourth-order valence-electron chi connectivity index (χ4n) is 4.07. The van der Waals surface area contributed by atoms with Crippen LogP contribution in [0, 0.1) is 10.1 Å². The van der Waals surface area contributed by atoms with Gasteiger partial charge in [0, 0.05) is 24.1 Å². The molecule has 1 unspecified atom stereocenters. The number of quaternary nitrogens is 1. The molecular weight excluding hydrogens is 284 g/mol. The molecule has 22 heavy (non-hydrogen) atoms. The van der Waals surface area contributed by atoms with Crippen LogP contribution in [0.1, 0.15) is 45.7 Å². The molecule has 6 nitrogen and oxygen atoms in total. The molecule has 0 spiro atoms. The molecule has 0 fully saturated rings. The number of amides is 1. The Labute approximate surface area is 130 Å². The van der Waals surface area contributed by atoms with Gasteiger partial charge >= 0.3 is 6.09 Å². The van der Waals surface area contributed by atoms with Crippen LogP contribution in [0.15, 0.2) is 18.2 Å². The van der Waals surface area contributed by atoms with Gasteiger partial charge in [0.15, 0.2) is 0 Å². The molecule has 1 amide bonds. The first kappa shape index (κ1) is 16.4. The third-order valence-corrected chi connectivity index (χ3v) is 5.10. The van der Waals surface area contributed by atoms with E-state index in [0.717, 1.165) is 11.1 Å². The number of carboxylic acid groups (broad SMARTS) is 1. The molecule has 1 aliphatic rings. The molecule has 1 heterocycles. The van der Waals surface area contributed by atoms with E-state index in [9.17, 15) is 20.0 Å². The first-order chi connectivity index (χ1) is 9.95. The molecule has 1 aromatic carbocycles. The van der Waals surface area contributed by atoms with Gasteiger partial charge in [-0.3, -0.25) is 10.1 Å². The summed E-state index contributed by atoms with van der Waals surface area (Å²) < 4.78 is -0.0924. The molecule has 120 valence electrons. The van der Waals surface area contributed by atoms with Gasteiger partial charge in [-0.2, -0.15) is 4.79 Å². The second-order valence-electron chi connectivity index (χ2n) is 7.39. The molecule has 0 radical (unpaired) electrons. The molecule has 1 aromatic rings. The number of carbonyl (C=O) groups is 1. The van der Waals surface area contributed by atoms with Crippen LogP contribution in [0.25, 0.3) is 0 Å². The minimum atomic E-state index is -0.860. The SMILES string of the molecule is CC(C)(C)[N+]1(C(=O)O)CCc2cc([N+](=O)[O-])ccc2C1(C)C. The maximum atomic E-state index is 12.2. The van der Waals surface area contributed by atoms with Gasteiger partial charge in [-0.15, -0.1) is 0 Å². The smallest absolute Gasteiger partial charge is 0.435 e. The Bertz CT molecular complexity index is 646. The summed E-state index contributed by atoms with van der Waals surface area (Å²) >= 11 is 0. The maximum absolute atomic E-state index is 12.2. The third-order valence-electron chi connectivity index (χ3n) is 5.10. The van der Waals surface area contributed by atoms with E-state index in [1.54, 1.807) is 12.1 Å². The number of non-ortho nitro benzene ring substituents is 1. The van der Waals surface area contributed by atoms with Crippen LogP contribution in [0.3, 0.4) is 0 Å². The van der Waals surface area contributed by atoms with Crippen molar-refractivity contribution >= 4 is 11.8 Å². The molecule has 1 aliphatic heterocycles. The Hall–Kier alpha value is -1.95. The van der Waals surface area contributed by atoms with Crippen molar-refractivity contribution in [2.45, 2.75) is 52.1 Å². The highest BCUT2D eigenvalue weighted by Crippen LogP contribution is 2.47. The second kappa shape index (κ2) is 4.78. The summed E-state index contributed by atoms with van der Waals surface area (Å²) in [5.74, 6) is 0. The predicted molar refractivity (Wildman–Crippen MR) is 82.7 cm³/mol. The van der Waals surface area contributed by atoms with Gasteiger partial charge in [0.1, 0.15) is 11.1 Å². The highest BCUT2D eigenvalue weighted by atomic mass is 16.6. The highest BCUT2D eigenvalue weighted by Gasteiger charge is 2.60. The summed E-state index contributed by atoms with van der Waals surface area (Å²) in [6.07, 6.45) is -0.342. The van der Waals surface area contributed by atoms with Crippen molar-refractivity contribution in [1.82, 2.24) is 0 Å². The van der Waals surface area contributed by atoms with Crippen LogP contribution in [0.2, 0.25) is 0 Å². The first-order valence-corrected chi connectivity index (χ1v) is 7.35. The Kier molecular flexibility index (Phi) is 3.56. The molecule has 0 aliphatic carbocycles. The summed E-state index contributed by atoms with van der Waals surface area (Å²) in [6, 6.07) is 4.76. The fraction of sp³-hybridized carbons (Fsp3) is 0.562. The normalized spacial score (nSPS) is 23.7. The Morgan fingerprint density at radius 3 is 2.41 bits per heavy atom. The van der Waals surface area contributed by atoms with Crippen LogP contribution < -0.4 is 0 Å². The summed E-state index contributed by atoms with van der Waals surface area (Å²) in [6.45, 7) is 10.0. The van der Waals surface area contributed by atoms with Crippen molar-refractivity contribution < 1.29 is 19.3 Å². The minimum absolute atomic E-state index is 0.0561. The number of hydrogen-bond donors (Lipinski definition) is 1. The van der Waals surface area contributed by atoms with Crippen LogP contribution in [-0.2, 0) is 12.0 Å². The van der Waals surface area contributed by atoms with Crippen LogP contribution in [0.4, 0.5) is 10.5 Å². The molecule has 0 saturated heterocycles. The van der Waals surface area contributed by atoms with Crippen molar-refractivity contribution in [2.24, 2.45) is 0 Å². The van der Waals surface area contributed by atoms with Gasteiger partial charge in [0.25, 0.3) is 5.69 Å². The van der Waals surface area contributed by atoms with Gasteiger partial charge < -0.3 is 5.11 Å². The molecule has 6 heteroatoms. The molecule has 0 saturated carbocycles. The predicted octanol–water partition coefficient (Wildman–Crippen LogP) is 3.68. The van der Waals surface area contributed by atoms with E-state index in [4.69, 9.17) is 0 Å².